The van der Waals surface area contributed by atoms with E-state index in [0.717, 1.165) is 11.3 Å². The Bertz CT molecular complexity index is 954. The number of carbonyl (C=O) groups is 5. The molecular weight excluding hydrogens is 388 g/mol. The number of imide groups is 1. The lowest BCUT2D eigenvalue weighted by atomic mass is 9.85. The third-order valence-corrected chi connectivity index (χ3v) is 6.13. The van der Waals surface area contributed by atoms with Crippen molar-refractivity contribution in [3.8, 4) is 0 Å². The van der Waals surface area contributed by atoms with Crippen LogP contribution < -0.4 is 5.32 Å². The predicted octanol–water partition coefficient (Wildman–Crippen LogP) is 1.57. The average molecular weight is 410 g/mol. The predicted molar refractivity (Wildman–Crippen MR) is 105 cm³/mol. The number of hydrogen-bond acceptors (Lipinski definition) is 6. The molecule has 3 amide bonds. The van der Waals surface area contributed by atoms with Crippen molar-refractivity contribution >= 4 is 35.2 Å². The summed E-state index contributed by atoms with van der Waals surface area (Å²) in [5, 5.41) is 2.55. The summed E-state index contributed by atoms with van der Waals surface area (Å²) < 4.78 is 5.04. The van der Waals surface area contributed by atoms with Crippen molar-refractivity contribution in [2.45, 2.75) is 26.3 Å². The number of amides is 3. The molecule has 0 radical (unpaired) electrons. The maximum atomic E-state index is 12.8. The zero-order chi connectivity index (χ0) is 21.6. The highest BCUT2D eigenvalue weighted by Crippen LogP contribution is 2.52. The van der Waals surface area contributed by atoms with E-state index in [1.807, 2.05) is 12.2 Å². The van der Waals surface area contributed by atoms with Crippen LogP contribution in [-0.2, 0) is 23.9 Å². The summed E-state index contributed by atoms with van der Waals surface area (Å²) in [6.45, 7) is 2.28. The molecule has 1 heterocycles. The molecule has 0 unspecified atom stereocenters. The van der Waals surface area contributed by atoms with Crippen LogP contribution in [0.5, 0.6) is 0 Å². The number of hydrogen-bond donors (Lipinski definition) is 1. The second kappa shape index (κ2) is 7.51. The van der Waals surface area contributed by atoms with Crippen molar-refractivity contribution in [3.05, 3.63) is 42.0 Å². The highest BCUT2D eigenvalue weighted by atomic mass is 16.5. The molecule has 8 heteroatoms. The highest BCUT2D eigenvalue weighted by molar-refractivity contribution is 6.09. The summed E-state index contributed by atoms with van der Waals surface area (Å²) in [6.07, 6.45) is 4.77. The lowest BCUT2D eigenvalue weighted by Gasteiger charge is -2.23. The van der Waals surface area contributed by atoms with E-state index in [9.17, 15) is 24.0 Å². The van der Waals surface area contributed by atoms with E-state index in [-0.39, 0.29) is 41.3 Å². The topological polar surface area (TPSA) is 110 Å². The van der Waals surface area contributed by atoms with Gasteiger partial charge in [-0.05, 0) is 44.2 Å². The molecule has 1 aromatic carbocycles. The van der Waals surface area contributed by atoms with Crippen LogP contribution in [0.1, 0.15) is 30.6 Å². The molecule has 1 saturated heterocycles. The minimum absolute atomic E-state index is 0.0567. The van der Waals surface area contributed by atoms with E-state index >= 15 is 0 Å². The van der Waals surface area contributed by atoms with Crippen LogP contribution in [0.3, 0.4) is 0 Å². The van der Waals surface area contributed by atoms with E-state index in [2.05, 4.69) is 5.32 Å². The summed E-state index contributed by atoms with van der Waals surface area (Å²) in [6, 6.07) is 5.29. The number of benzene rings is 1. The van der Waals surface area contributed by atoms with Crippen LogP contribution in [0.4, 0.5) is 5.69 Å². The Kier molecular flexibility index (Phi) is 5.01. The monoisotopic (exact) mass is 410 g/mol. The molecule has 30 heavy (non-hydrogen) atoms. The second-order valence-electron chi connectivity index (χ2n) is 8.02. The molecule has 1 saturated carbocycles. The number of likely N-dealkylation sites (tertiary alicyclic amines) is 1. The Labute approximate surface area is 173 Å². The molecule has 2 bridgehead atoms. The van der Waals surface area contributed by atoms with Gasteiger partial charge in [0, 0.05) is 11.3 Å². The van der Waals surface area contributed by atoms with Crippen molar-refractivity contribution in [3.63, 3.8) is 0 Å². The van der Waals surface area contributed by atoms with Gasteiger partial charge in [-0.25, -0.2) is 4.79 Å². The first-order valence-corrected chi connectivity index (χ1v) is 9.90. The molecule has 4 rings (SSSR count). The van der Waals surface area contributed by atoms with Gasteiger partial charge in [-0.1, -0.05) is 24.3 Å². The molecule has 5 atom stereocenters. The van der Waals surface area contributed by atoms with Crippen molar-refractivity contribution in [1.82, 2.24) is 4.90 Å². The molecular formula is C22H22N2O6. The summed E-state index contributed by atoms with van der Waals surface area (Å²) in [5.41, 5.74) is 0.843. The molecule has 1 aliphatic heterocycles. The molecule has 1 aromatic rings. The molecule has 2 aliphatic carbocycles. The zero-order valence-electron chi connectivity index (χ0n) is 16.7. The minimum Gasteiger partial charge on any atom is -0.454 e. The number of Topliss-reactive ketones (excluding diaryl/α,β-unsaturated/α-hetero) is 1. The van der Waals surface area contributed by atoms with Gasteiger partial charge in [0.05, 0.1) is 11.8 Å². The number of nitrogens with one attached hydrogen (secondary N) is 1. The van der Waals surface area contributed by atoms with Crippen LogP contribution in [0, 0.1) is 23.7 Å². The fourth-order valence-electron chi connectivity index (χ4n) is 4.68. The number of ketones is 1. The van der Waals surface area contributed by atoms with E-state index < -0.39 is 24.5 Å². The lowest BCUT2D eigenvalue weighted by molar-refractivity contribution is -0.159. The van der Waals surface area contributed by atoms with Crippen LogP contribution in [0.2, 0.25) is 0 Å². The second-order valence-corrected chi connectivity index (χ2v) is 8.02. The van der Waals surface area contributed by atoms with Crippen molar-refractivity contribution < 1.29 is 28.7 Å². The number of carbonyl (C=O) groups excluding carboxylic acids is 5. The Balaban J connectivity index is 1.34. The Morgan fingerprint density at radius 2 is 1.77 bits per heavy atom. The van der Waals surface area contributed by atoms with Gasteiger partial charge < -0.3 is 10.1 Å². The SMILES string of the molecule is CC(=O)c1cccc(NC(=O)COC(=O)[C@H](C)N2C(=O)[C@@H]3[C@H](C2=O)[C@H]2C=C[C@H]3C2)c1. The highest BCUT2D eigenvalue weighted by Gasteiger charge is 2.60. The molecule has 0 spiro atoms. The fourth-order valence-corrected chi connectivity index (χ4v) is 4.68. The summed E-state index contributed by atoms with van der Waals surface area (Å²) in [5.74, 6) is -2.88. The minimum atomic E-state index is -1.09. The van der Waals surface area contributed by atoms with Gasteiger partial charge in [-0.3, -0.25) is 24.1 Å². The molecule has 0 aromatic heterocycles. The quantitative estimate of drug-likeness (QED) is 0.330. The number of nitrogens with zero attached hydrogens (tertiary/aromatic N) is 1. The molecule has 156 valence electrons. The fraction of sp³-hybridized carbons (Fsp3) is 0.409. The van der Waals surface area contributed by atoms with E-state index in [4.69, 9.17) is 4.74 Å². The normalized spacial score (nSPS) is 27.2. The van der Waals surface area contributed by atoms with Crippen LogP contribution in [0.15, 0.2) is 36.4 Å². The third kappa shape index (κ3) is 3.32. The number of ether oxygens (including phenoxy) is 1. The van der Waals surface area contributed by atoms with E-state index in [1.165, 1.54) is 19.9 Å². The van der Waals surface area contributed by atoms with Gasteiger partial charge in [0.25, 0.3) is 5.91 Å². The smallest absolute Gasteiger partial charge is 0.329 e. The number of allylic oxidation sites excluding steroid dienone is 2. The molecule has 1 N–H and O–H groups in total. The molecule has 8 nitrogen and oxygen atoms in total. The van der Waals surface area contributed by atoms with Crippen molar-refractivity contribution in [2.24, 2.45) is 23.7 Å². The van der Waals surface area contributed by atoms with Crippen molar-refractivity contribution in [2.75, 3.05) is 11.9 Å². The summed E-state index contributed by atoms with van der Waals surface area (Å²) in [7, 11) is 0. The Hall–Kier alpha value is -3.29. The largest absolute Gasteiger partial charge is 0.454 e. The number of esters is 1. The van der Waals surface area contributed by atoms with Crippen LogP contribution >= 0.6 is 0 Å². The maximum Gasteiger partial charge on any atom is 0.329 e. The van der Waals surface area contributed by atoms with Crippen LogP contribution in [0.25, 0.3) is 0 Å². The summed E-state index contributed by atoms with van der Waals surface area (Å²) in [4.78, 5) is 62.4. The molecule has 3 aliphatic rings. The van der Waals surface area contributed by atoms with Gasteiger partial charge in [0.15, 0.2) is 12.4 Å². The van der Waals surface area contributed by atoms with Gasteiger partial charge in [0.2, 0.25) is 11.8 Å². The third-order valence-electron chi connectivity index (χ3n) is 6.13. The first kappa shape index (κ1) is 20.0. The van der Waals surface area contributed by atoms with E-state index in [0.29, 0.717) is 11.3 Å². The van der Waals surface area contributed by atoms with Gasteiger partial charge >= 0.3 is 5.97 Å². The summed E-state index contributed by atoms with van der Waals surface area (Å²) >= 11 is 0. The zero-order valence-corrected chi connectivity index (χ0v) is 16.7. The Morgan fingerprint density at radius 1 is 1.13 bits per heavy atom. The van der Waals surface area contributed by atoms with Gasteiger partial charge in [-0.15, -0.1) is 0 Å². The number of rotatable bonds is 6. The molecule has 2 fully saturated rings. The average Bonchev–Trinajstić information content (AvgIpc) is 3.39. The van der Waals surface area contributed by atoms with Crippen molar-refractivity contribution in [1.29, 1.82) is 0 Å². The standard InChI is InChI=1S/C22H22N2O6/c1-11(24-20(27)18-14-6-7-15(8-14)19(18)21(24)28)22(29)30-10-17(26)23-16-5-3-4-13(9-16)12(2)25/h3-7,9,11,14-15,18-19H,8,10H2,1-2H3,(H,23,26)/t11-,14-,15-,18-,19+/m0/s1. The Morgan fingerprint density at radius 3 is 2.37 bits per heavy atom. The number of fused-ring (bicyclic) bond motifs is 5. The van der Waals surface area contributed by atoms with Gasteiger partial charge in [-0.2, -0.15) is 0 Å². The van der Waals surface area contributed by atoms with Gasteiger partial charge in [0.1, 0.15) is 6.04 Å². The first-order chi connectivity index (χ1) is 14.3. The maximum absolute atomic E-state index is 12.8. The first-order valence-electron chi connectivity index (χ1n) is 9.90. The van der Waals surface area contributed by atoms with Crippen LogP contribution in [-0.4, -0.2) is 47.0 Å². The number of anilines is 1. The lowest BCUT2D eigenvalue weighted by Crippen LogP contribution is -2.45. The van der Waals surface area contributed by atoms with E-state index in [1.54, 1.807) is 18.2 Å².